The molecule has 6 heteroatoms. The second kappa shape index (κ2) is 3.65. The fraction of sp³-hybridized carbons (Fsp3) is 0.500. The molecule has 0 N–H and O–H groups in total. The van der Waals surface area contributed by atoms with Crippen molar-refractivity contribution in [1.82, 2.24) is 0 Å². The molecule has 0 aliphatic rings. The molecular weight excluding hydrogens is 175 g/mol. The summed E-state index contributed by atoms with van der Waals surface area (Å²) in [5.74, 6) is 0. The summed E-state index contributed by atoms with van der Waals surface area (Å²) in [4.78, 5) is 0. The zero-order valence-electron chi connectivity index (χ0n) is 4.53. The summed E-state index contributed by atoms with van der Waals surface area (Å²) in [6.07, 6.45) is -8.01. The number of rotatable bonds is 3. The van der Waals surface area contributed by atoms with Gasteiger partial charge in [0.15, 0.2) is 0 Å². The molecule has 10 heavy (non-hydrogen) atoms. The van der Waals surface area contributed by atoms with E-state index in [0.717, 1.165) is 0 Å². The Labute approximate surface area is 59.2 Å². The smallest absolute Gasteiger partial charge is 0.435 e. The fourth-order valence-electron chi connectivity index (χ4n) is 0.168. The molecule has 0 radical (unpaired) electrons. The molecule has 0 saturated heterocycles. The van der Waals surface area contributed by atoms with E-state index >= 15 is 0 Å². The Hall–Kier alpha value is -0.450. The van der Waals surface area contributed by atoms with Crippen molar-refractivity contribution in [3.63, 3.8) is 0 Å². The molecule has 0 aromatic rings. The van der Waals surface area contributed by atoms with Gasteiger partial charge in [-0.1, -0.05) is 11.6 Å². The molecule has 0 spiro atoms. The topological polar surface area (TPSA) is 9.23 Å². The van der Waals surface area contributed by atoms with Gasteiger partial charge >= 0.3 is 12.5 Å². The molecule has 0 amide bonds. The minimum Gasteiger partial charge on any atom is -0.435 e. The molecule has 0 aromatic heterocycles. The van der Waals surface area contributed by atoms with Gasteiger partial charge in [-0.15, -0.1) is 0 Å². The van der Waals surface area contributed by atoms with Gasteiger partial charge in [-0.3, -0.25) is 0 Å². The van der Waals surface area contributed by atoms with E-state index in [1.54, 1.807) is 0 Å². The molecule has 1 nitrogen and oxygen atoms in total. The van der Waals surface area contributed by atoms with Gasteiger partial charge in [-0.25, -0.2) is 0 Å². The highest BCUT2D eigenvalue weighted by Crippen LogP contribution is 2.24. The van der Waals surface area contributed by atoms with E-state index < -0.39 is 12.5 Å². The molecule has 0 aliphatic heterocycles. The molecule has 0 fully saturated rings. The van der Waals surface area contributed by atoms with Crippen molar-refractivity contribution in [2.45, 2.75) is 12.5 Å². The average molecular weight is 179 g/mol. The first-order chi connectivity index (χ1) is 4.50. The monoisotopic (exact) mass is 178 g/mol. The Morgan fingerprint density at radius 2 is 1.90 bits per heavy atom. The second-order valence-corrected chi connectivity index (χ2v) is 1.49. The largest absolute Gasteiger partial charge is 0.460 e. The summed E-state index contributed by atoms with van der Waals surface area (Å²) in [5, 5.41) is 0. The Morgan fingerprint density at radius 3 is 2.20 bits per heavy atom. The summed E-state index contributed by atoms with van der Waals surface area (Å²) < 4.78 is 48.9. The van der Waals surface area contributed by atoms with Gasteiger partial charge in [0.05, 0.1) is 0 Å². The Bertz CT molecular complexity index is 124. The molecule has 0 saturated carbocycles. The summed E-state index contributed by atoms with van der Waals surface area (Å²) in [7, 11) is 0. The van der Waals surface area contributed by atoms with Crippen LogP contribution in [0, 0.1) is 0 Å². The molecule has 0 atom stereocenters. The van der Waals surface area contributed by atoms with Crippen LogP contribution in [0.1, 0.15) is 0 Å². The molecule has 0 aliphatic carbocycles. The van der Waals surface area contributed by atoms with Gasteiger partial charge in [0.2, 0.25) is 0 Å². The molecule has 0 rings (SSSR count). The van der Waals surface area contributed by atoms with Crippen LogP contribution >= 0.6 is 11.6 Å². The Morgan fingerprint density at radius 1 is 1.40 bits per heavy atom. The lowest BCUT2D eigenvalue weighted by atomic mass is 10.7. The normalized spacial score (nSPS) is 13.0. The van der Waals surface area contributed by atoms with E-state index in [-0.39, 0.29) is 6.26 Å². The Balaban J connectivity index is 3.86. The highest BCUT2D eigenvalue weighted by Gasteiger charge is 2.42. The lowest BCUT2D eigenvalue weighted by Crippen LogP contribution is -2.27. The molecule has 0 bridgehead atoms. The maximum absolute atomic E-state index is 11.7. The zero-order chi connectivity index (χ0) is 8.20. The van der Waals surface area contributed by atoms with Crippen LogP contribution < -0.4 is 0 Å². The fourth-order valence-corrected chi connectivity index (χ4v) is 0.219. The van der Waals surface area contributed by atoms with Crippen LogP contribution in [-0.2, 0) is 4.74 Å². The third-order valence-electron chi connectivity index (χ3n) is 0.531. The van der Waals surface area contributed by atoms with E-state index in [9.17, 15) is 17.6 Å². The van der Waals surface area contributed by atoms with Crippen LogP contribution in [0.3, 0.4) is 0 Å². The van der Waals surface area contributed by atoms with Crippen LogP contribution in [0.4, 0.5) is 17.6 Å². The molecule has 0 aromatic carbocycles. The predicted molar refractivity (Wildman–Crippen MR) is 27.0 cm³/mol. The SMILES string of the molecule is FC(F)C(F)(F)OC=CCl. The van der Waals surface area contributed by atoms with Crippen LogP contribution in [0.5, 0.6) is 0 Å². The first kappa shape index (κ1) is 9.55. The minimum absolute atomic E-state index is 0.285. The summed E-state index contributed by atoms with van der Waals surface area (Å²) in [5.41, 5.74) is 0.566. The standard InChI is InChI=1S/C4H3ClF4O/c5-1-2-10-4(8,9)3(6)7/h1-3H. The van der Waals surface area contributed by atoms with Crippen molar-refractivity contribution in [2.24, 2.45) is 0 Å². The summed E-state index contributed by atoms with van der Waals surface area (Å²) in [6, 6.07) is 0. The maximum Gasteiger partial charge on any atom is 0.460 e. The van der Waals surface area contributed by atoms with Crippen molar-refractivity contribution in [1.29, 1.82) is 0 Å². The molecule has 60 valence electrons. The van der Waals surface area contributed by atoms with Gasteiger partial charge in [-0.2, -0.15) is 17.6 Å². The first-order valence-electron chi connectivity index (χ1n) is 2.09. The maximum atomic E-state index is 11.7. The quantitative estimate of drug-likeness (QED) is 0.477. The van der Waals surface area contributed by atoms with Crippen LogP contribution in [0.2, 0.25) is 0 Å². The number of hydrogen-bond acceptors (Lipinski definition) is 1. The van der Waals surface area contributed by atoms with Crippen LogP contribution in [0.15, 0.2) is 11.8 Å². The van der Waals surface area contributed by atoms with Crippen LogP contribution in [0.25, 0.3) is 0 Å². The van der Waals surface area contributed by atoms with Gasteiger partial charge in [0.25, 0.3) is 0 Å². The number of ether oxygens (including phenoxy) is 1. The Kier molecular flexibility index (Phi) is 3.49. The molecular formula is C4H3ClF4O. The van der Waals surface area contributed by atoms with E-state index in [0.29, 0.717) is 5.54 Å². The van der Waals surface area contributed by atoms with E-state index in [2.05, 4.69) is 4.74 Å². The van der Waals surface area contributed by atoms with Gasteiger partial charge in [0, 0.05) is 5.54 Å². The van der Waals surface area contributed by atoms with Crippen molar-refractivity contribution in [3.8, 4) is 0 Å². The average Bonchev–Trinajstić information content (AvgIpc) is 1.84. The molecule has 0 heterocycles. The summed E-state index contributed by atoms with van der Waals surface area (Å²) in [6.45, 7) is 0. The van der Waals surface area contributed by atoms with Crippen molar-refractivity contribution in [3.05, 3.63) is 11.8 Å². The minimum atomic E-state index is -4.45. The summed E-state index contributed by atoms with van der Waals surface area (Å²) >= 11 is 4.73. The first-order valence-corrected chi connectivity index (χ1v) is 2.53. The highest BCUT2D eigenvalue weighted by molar-refractivity contribution is 6.25. The van der Waals surface area contributed by atoms with E-state index in [4.69, 9.17) is 11.6 Å². The van der Waals surface area contributed by atoms with Crippen molar-refractivity contribution in [2.75, 3.05) is 0 Å². The van der Waals surface area contributed by atoms with Gasteiger partial charge in [-0.05, 0) is 0 Å². The van der Waals surface area contributed by atoms with Crippen molar-refractivity contribution >= 4 is 11.6 Å². The number of alkyl halides is 4. The zero-order valence-corrected chi connectivity index (χ0v) is 5.29. The second-order valence-electron chi connectivity index (χ2n) is 1.24. The van der Waals surface area contributed by atoms with Crippen LogP contribution in [-0.4, -0.2) is 12.5 Å². The van der Waals surface area contributed by atoms with E-state index in [1.807, 2.05) is 0 Å². The third kappa shape index (κ3) is 2.91. The highest BCUT2D eigenvalue weighted by atomic mass is 35.5. The predicted octanol–water partition coefficient (Wildman–Crippen LogP) is 2.57. The lowest BCUT2D eigenvalue weighted by molar-refractivity contribution is -0.274. The van der Waals surface area contributed by atoms with Crippen molar-refractivity contribution < 1.29 is 22.3 Å². The third-order valence-corrected chi connectivity index (χ3v) is 0.634. The van der Waals surface area contributed by atoms with Gasteiger partial charge in [0.1, 0.15) is 6.26 Å². The molecule has 0 unspecified atom stereocenters. The lowest BCUT2D eigenvalue weighted by Gasteiger charge is -2.12. The van der Waals surface area contributed by atoms with Gasteiger partial charge < -0.3 is 4.74 Å². The number of halogens is 5. The van der Waals surface area contributed by atoms with E-state index in [1.165, 1.54) is 0 Å². The number of hydrogen-bond donors (Lipinski definition) is 0.